The maximum atomic E-state index is 10.9. The topological polar surface area (TPSA) is 99.9 Å². The molecule has 9 heteroatoms. The maximum Gasteiger partial charge on any atom is 0.201 e. The van der Waals surface area contributed by atoms with Crippen LogP contribution in [0.2, 0.25) is 10.0 Å². The highest BCUT2D eigenvalue weighted by molar-refractivity contribution is 7.99. The summed E-state index contributed by atoms with van der Waals surface area (Å²) in [5.74, 6) is 0.663. The highest BCUT2D eigenvalue weighted by Crippen LogP contribution is 2.44. The summed E-state index contributed by atoms with van der Waals surface area (Å²) in [6.45, 7) is 4.57. The number of rotatable bonds is 3. The van der Waals surface area contributed by atoms with Crippen molar-refractivity contribution in [1.29, 1.82) is 0 Å². The Morgan fingerprint density at radius 3 is 2.70 bits per heavy atom. The van der Waals surface area contributed by atoms with Gasteiger partial charge >= 0.3 is 0 Å². The number of piperidine rings is 1. The Balaban J connectivity index is 1.65. The summed E-state index contributed by atoms with van der Waals surface area (Å²) >= 11 is 13.9. The molecule has 30 heavy (non-hydrogen) atoms. The summed E-state index contributed by atoms with van der Waals surface area (Å²) in [7, 11) is 0. The van der Waals surface area contributed by atoms with Crippen LogP contribution in [0, 0.1) is 5.41 Å². The molecule has 1 fully saturated rings. The smallest absolute Gasteiger partial charge is 0.201 e. The molecule has 0 saturated carbocycles. The first-order valence-electron chi connectivity index (χ1n) is 9.83. The molecular weight excluding hydrogens is 441 g/mol. The van der Waals surface area contributed by atoms with Gasteiger partial charge in [0, 0.05) is 34.1 Å². The van der Waals surface area contributed by atoms with E-state index in [1.807, 2.05) is 18.2 Å². The molecule has 0 radical (unpaired) electrons. The van der Waals surface area contributed by atoms with E-state index in [1.165, 1.54) is 11.8 Å². The van der Waals surface area contributed by atoms with Gasteiger partial charge in [-0.15, -0.1) is 0 Å². The molecular formula is C21H25Cl2N5OS. The lowest BCUT2D eigenvalue weighted by Gasteiger charge is -2.41. The van der Waals surface area contributed by atoms with Gasteiger partial charge in [-0.05, 0) is 49.1 Å². The first-order valence-corrected chi connectivity index (χ1v) is 11.4. The molecule has 160 valence electrons. The Bertz CT molecular complexity index is 992. The molecule has 2 aliphatic heterocycles. The predicted octanol–water partition coefficient (Wildman–Crippen LogP) is 4.37. The Kier molecular flexibility index (Phi) is 6.10. The van der Waals surface area contributed by atoms with Crippen LogP contribution in [0.25, 0.3) is 0 Å². The van der Waals surface area contributed by atoms with E-state index in [0.717, 1.165) is 35.7 Å². The van der Waals surface area contributed by atoms with Gasteiger partial charge in [-0.1, -0.05) is 48.0 Å². The van der Waals surface area contributed by atoms with Gasteiger partial charge in [0.15, 0.2) is 6.23 Å². The number of likely N-dealkylation sites (tertiary alicyclic amines) is 1. The molecule has 0 aliphatic carbocycles. The molecule has 0 bridgehead atoms. The molecule has 1 saturated heterocycles. The second-order valence-electron chi connectivity index (χ2n) is 8.09. The van der Waals surface area contributed by atoms with Gasteiger partial charge in [0.2, 0.25) is 5.96 Å². The fourth-order valence-corrected chi connectivity index (χ4v) is 5.31. The molecule has 6 N–H and O–H groups in total. The number of benzene rings is 2. The number of aliphatic imine (C=N–C) groups is 1. The van der Waals surface area contributed by atoms with Crippen molar-refractivity contribution in [2.45, 2.75) is 35.8 Å². The molecule has 0 spiro atoms. The van der Waals surface area contributed by atoms with Crippen molar-refractivity contribution in [2.75, 3.05) is 25.4 Å². The average Bonchev–Trinajstić information content (AvgIpc) is 2.71. The number of guanidine groups is 1. The van der Waals surface area contributed by atoms with Crippen LogP contribution in [0.4, 0.5) is 11.4 Å². The molecule has 2 aliphatic rings. The number of nitrogens with one attached hydrogen (secondary N) is 1. The van der Waals surface area contributed by atoms with Gasteiger partial charge in [0.1, 0.15) is 0 Å². The summed E-state index contributed by atoms with van der Waals surface area (Å²) in [5, 5.41) is 15.0. The number of nitrogens with two attached hydrogens (primary N) is 2. The second-order valence-corrected chi connectivity index (χ2v) is 9.96. The molecule has 0 amide bonds. The Labute approximate surface area is 190 Å². The van der Waals surface area contributed by atoms with Gasteiger partial charge in [-0.25, -0.2) is 4.99 Å². The molecule has 1 unspecified atom stereocenters. The molecule has 2 heterocycles. The minimum atomic E-state index is -0.906. The number of anilines is 1. The number of hydrogen-bond acceptors (Lipinski definition) is 7. The van der Waals surface area contributed by atoms with E-state index in [-0.39, 0.29) is 5.41 Å². The van der Waals surface area contributed by atoms with Crippen molar-refractivity contribution >= 4 is 52.3 Å². The Morgan fingerprint density at radius 2 is 2.00 bits per heavy atom. The third kappa shape index (κ3) is 4.22. The van der Waals surface area contributed by atoms with E-state index in [2.05, 4.69) is 17.1 Å². The van der Waals surface area contributed by atoms with Crippen LogP contribution >= 0.6 is 35.0 Å². The summed E-state index contributed by atoms with van der Waals surface area (Å²) in [6, 6.07) is 9.07. The van der Waals surface area contributed by atoms with E-state index in [4.69, 9.17) is 39.7 Å². The molecule has 2 aromatic rings. The second kappa shape index (κ2) is 8.48. The molecule has 1 atom stereocenters. The van der Waals surface area contributed by atoms with Crippen molar-refractivity contribution < 1.29 is 5.11 Å². The number of fused-ring (bicyclic) bond motifs is 1. The molecule has 4 rings (SSSR count). The van der Waals surface area contributed by atoms with Gasteiger partial charge in [0.05, 0.1) is 15.7 Å². The van der Waals surface area contributed by atoms with Crippen molar-refractivity contribution in [3.8, 4) is 0 Å². The summed E-state index contributed by atoms with van der Waals surface area (Å²) in [6.07, 6.45) is 1.06. The van der Waals surface area contributed by atoms with Gasteiger partial charge in [-0.3, -0.25) is 0 Å². The fourth-order valence-electron chi connectivity index (χ4n) is 3.73. The van der Waals surface area contributed by atoms with Crippen LogP contribution in [0.3, 0.4) is 0 Å². The van der Waals surface area contributed by atoms with Crippen molar-refractivity contribution in [2.24, 2.45) is 16.1 Å². The van der Waals surface area contributed by atoms with E-state index in [1.54, 1.807) is 12.1 Å². The monoisotopic (exact) mass is 465 g/mol. The van der Waals surface area contributed by atoms with Crippen molar-refractivity contribution in [3.05, 3.63) is 45.9 Å². The number of halogens is 2. The molecule has 6 nitrogen and oxygen atoms in total. The van der Waals surface area contributed by atoms with Crippen molar-refractivity contribution in [3.63, 3.8) is 0 Å². The SMILES string of the molecule is CC1(CN)CCN(C2=Nc3cc(N)cc(Sc4cccc(Cl)c4Cl)c3C(O)N2)CC1. The van der Waals surface area contributed by atoms with E-state index in [0.29, 0.717) is 39.5 Å². The lowest BCUT2D eigenvalue weighted by molar-refractivity contribution is 0.137. The highest BCUT2D eigenvalue weighted by atomic mass is 35.5. The van der Waals surface area contributed by atoms with Crippen LogP contribution in [0.1, 0.15) is 31.6 Å². The fraction of sp³-hybridized carbons (Fsp3) is 0.381. The molecule has 2 aromatic carbocycles. The lowest BCUT2D eigenvalue weighted by Crippen LogP contribution is -2.50. The zero-order chi connectivity index (χ0) is 21.5. The normalized spacial score (nSPS) is 20.4. The number of hydrogen-bond donors (Lipinski definition) is 4. The standard InChI is InChI=1S/C21H25Cl2N5OS/c1-21(11-24)5-7-28(8-6-21)20-26-14-9-12(25)10-16(17(14)19(29)27-20)30-15-4-2-3-13(22)18(15)23/h2-4,9-10,19,29H,5-8,11,24-25H2,1H3,(H,26,27). The van der Waals surface area contributed by atoms with E-state index in [9.17, 15) is 5.11 Å². The van der Waals surface area contributed by atoms with E-state index >= 15 is 0 Å². The summed E-state index contributed by atoms with van der Waals surface area (Å²) in [4.78, 5) is 8.52. The van der Waals surface area contributed by atoms with Gasteiger partial charge in [0.25, 0.3) is 0 Å². The largest absolute Gasteiger partial charge is 0.399 e. The number of nitrogens with zero attached hydrogens (tertiary/aromatic N) is 2. The van der Waals surface area contributed by atoms with Gasteiger partial charge < -0.3 is 26.8 Å². The maximum absolute atomic E-state index is 10.9. The number of aliphatic hydroxyl groups excluding tert-OH is 1. The Hall–Kier alpha value is -1.64. The third-order valence-corrected chi connectivity index (χ3v) is 7.86. The van der Waals surface area contributed by atoms with Crippen LogP contribution in [-0.4, -0.2) is 35.6 Å². The number of aliphatic hydroxyl groups is 1. The minimum absolute atomic E-state index is 0.159. The summed E-state index contributed by atoms with van der Waals surface area (Å²) < 4.78 is 0. The zero-order valence-corrected chi connectivity index (χ0v) is 19.0. The quantitative estimate of drug-likeness (QED) is 0.502. The first kappa shape index (κ1) is 21.6. The van der Waals surface area contributed by atoms with Gasteiger partial charge in [-0.2, -0.15) is 0 Å². The highest BCUT2D eigenvalue weighted by Gasteiger charge is 2.33. The van der Waals surface area contributed by atoms with Crippen LogP contribution in [0.5, 0.6) is 0 Å². The lowest BCUT2D eigenvalue weighted by atomic mass is 9.80. The van der Waals surface area contributed by atoms with Crippen LogP contribution in [0.15, 0.2) is 45.1 Å². The summed E-state index contributed by atoms with van der Waals surface area (Å²) in [5.41, 5.74) is 14.1. The minimum Gasteiger partial charge on any atom is -0.399 e. The van der Waals surface area contributed by atoms with Crippen LogP contribution < -0.4 is 16.8 Å². The predicted molar refractivity (Wildman–Crippen MR) is 125 cm³/mol. The first-order chi connectivity index (χ1) is 14.3. The Morgan fingerprint density at radius 1 is 1.27 bits per heavy atom. The van der Waals surface area contributed by atoms with Crippen molar-refractivity contribution in [1.82, 2.24) is 10.2 Å². The van der Waals surface area contributed by atoms with Crippen LogP contribution in [-0.2, 0) is 0 Å². The van der Waals surface area contributed by atoms with E-state index < -0.39 is 6.23 Å². The third-order valence-electron chi connectivity index (χ3n) is 5.81. The molecule has 0 aromatic heterocycles. The zero-order valence-electron chi connectivity index (χ0n) is 16.7. The average molecular weight is 466 g/mol. The number of nitrogen functional groups attached to an aromatic ring is 1.